The molecule has 3 N–H and O–H groups in total. The Morgan fingerprint density at radius 3 is 1.53 bits per heavy atom. The van der Waals surface area contributed by atoms with Gasteiger partial charge in [0.1, 0.15) is 17.2 Å². The molecule has 2 saturated carbocycles. The van der Waals surface area contributed by atoms with Crippen LogP contribution in [0.15, 0.2) is 72.8 Å². The van der Waals surface area contributed by atoms with Crippen LogP contribution in [0.4, 0.5) is 0 Å². The topological polar surface area (TPSA) is 60.7 Å². The third-order valence-corrected chi connectivity index (χ3v) is 9.36. The molecule has 0 saturated heterocycles. The molecule has 36 heavy (non-hydrogen) atoms. The Labute approximate surface area is 215 Å². The molecule has 2 atom stereocenters. The first kappa shape index (κ1) is 24.7. The number of aromatic hydroxyl groups is 3. The summed E-state index contributed by atoms with van der Waals surface area (Å²) in [6.07, 6.45) is 9.41. The lowest BCUT2D eigenvalue weighted by atomic mass is 9.56. The number of rotatable bonds is 6. The van der Waals surface area contributed by atoms with Crippen molar-refractivity contribution in [2.24, 2.45) is 17.8 Å². The highest BCUT2D eigenvalue weighted by molar-refractivity contribution is 5.44. The summed E-state index contributed by atoms with van der Waals surface area (Å²) in [4.78, 5) is 0. The second-order valence-electron chi connectivity index (χ2n) is 11.9. The molecule has 3 aromatic carbocycles. The van der Waals surface area contributed by atoms with Gasteiger partial charge in [0.25, 0.3) is 0 Å². The van der Waals surface area contributed by atoms with Crippen molar-refractivity contribution in [3.8, 4) is 17.2 Å². The van der Waals surface area contributed by atoms with E-state index in [1.165, 1.54) is 42.4 Å². The highest BCUT2D eigenvalue weighted by Gasteiger charge is 2.49. The van der Waals surface area contributed by atoms with E-state index in [1.807, 2.05) is 12.1 Å². The summed E-state index contributed by atoms with van der Waals surface area (Å²) in [6.45, 7) is 4.68. The molecule has 3 aromatic rings. The number of benzene rings is 3. The predicted molar refractivity (Wildman–Crippen MR) is 146 cm³/mol. The summed E-state index contributed by atoms with van der Waals surface area (Å²) >= 11 is 0. The molecule has 0 aromatic heterocycles. The highest BCUT2D eigenvalue weighted by atomic mass is 16.3. The van der Waals surface area contributed by atoms with Gasteiger partial charge in [0.15, 0.2) is 0 Å². The van der Waals surface area contributed by atoms with Crippen LogP contribution in [0.1, 0.15) is 81.9 Å². The summed E-state index contributed by atoms with van der Waals surface area (Å²) in [5.41, 5.74) is 3.94. The van der Waals surface area contributed by atoms with E-state index < -0.39 is 0 Å². The van der Waals surface area contributed by atoms with Gasteiger partial charge in [0, 0.05) is 5.41 Å². The molecule has 3 nitrogen and oxygen atoms in total. The molecule has 0 radical (unpaired) electrons. The lowest BCUT2D eigenvalue weighted by molar-refractivity contribution is 0.161. The molecular formula is C33H40O3. The standard InChI is InChI=1S/C33H40O3/c1-23(2)21-24-15-18-33(22-24,27-7-13-31(36)14-8-27)28-16-19-32(20-17-28,25-3-9-29(34)10-4-25)26-5-11-30(35)12-6-26/h3-14,23-24,28,34-36H,15-22H2,1-2H3. The Kier molecular flexibility index (Phi) is 6.76. The van der Waals surface area contributed by atoms with Crippen molar-refractivity contribution >= 4 is 0 Å². The molecule has 0 spiro atoms. The van der Waals surface area contributed by atoms with Crippen LogP contribution < -0.4 is 0 Å². The van der Waals surface area contributed by atoms with Gasteiger partial charge in [-0.25, -0.2) is 0 Å². The Bertz CT molecular complexity index is 1090. The quantitative estimate of drug-likeness (QED) is 0.331. The van der Waals surface area contributed by atoms with Crippen LogP contribution in [0.5, 0.6) is 17.2 Å². The van der Waals surface area contributed by atoms with E-state index in [0.29, 0.717) is 29.1 Å². The Balaban J connectivity index is 1.48. The first-order valence-corrected chi connectivity index (χ1v) is 13.7. The average molecular weight is 485 g/mol. The van der Waals surface area contributed by atoms with Crippen LogP contribution in [-0.2, 0) is 10.8 Å². The van der Waals surface area contributed by atoms with Gasteiger partial charge in [0.2, 0.25) is 0 Å². The summed E-state index contributed by atoms with van der Waals surface area (Å²) in [5, 5.41) is 29.9. The van der Waals surface area contributed by atoms with Crippen molar-refractivity contribution < 1.29 is 15.3 Å². The Hall–Kier alpha value is -2.94. The molecule has 0 aliphatic heterocycles. The van der Waals surface area contributed by atoms with E-state index in [4.69, 9.17) is 0 Å². The minimum Gasteiger partial charge on any atom is -0.508 e. The van der Waals surface area contributed by atoms with Crippen LogP contribution >= 0.6 is 0 Å². The van der Waals surface area contributed by atoms with Crippen molar-refractivity contribution in [1.82, 2.24) is 0 Å². The van der Waals surface area contributed by atoms with E-state index in [-0.39, 0.29) is 10.8 Å². The van der Waals surface area contributed by atoms with Crippen molar-refractivity contribution in [2.45, 2.75) is 76.0 Å². The molecule has 3 heteroatoms. The zero-order valence-corrected chi connectivity index (χ0v) is 21.7. The zero-order valence-electron chi connectivity index (χ0n) is 21.7. The lowest BCUT2D eigenvalue weighted by Crippen LogP contribution is -2.41. The number of phenolic OH excluding ortho intramolecular Hbond substituents is 3. The minimum atomic E-state index is -0.121. The smallest absolute Gasteiger partial charge is 0.115 e. The summed E-state index contributed by atoms with van der Waals surface area (Å²) in [5.74, 6) is 3.01. The maximum atomic E-state index is 9.99. The molecule has 2 fully saturated rings. The SMILES string of the molecule is CC(C)CC1CCC(c2ccc(O)cc2)(C2CCC(c3ccc(O)cc3)(c3ccc(O)cc3)CC2)C1. The zero-order chi connectivity index (χ0) is 25.3. The van der Waals surface area contributed by atoms with Crippen LogP contribution in [0.3, 0.4) is 0 Å². The fraction of sp³-hybridized carbons (Fsp3) is 0.455. The van der Waals surface area contributed by atoms with Crippen molar-refractivity contribution in [2.75, 3.05) is 0 Å². The fourth-order valence-electron chi connectivity index (χ4n) is 7.68. The average Bonchev–Trinajstić information content (AvgIpc) is 3.29. The molecule has 190 valence electrons. The largest absolute Gasteiger partial charge is 0.508 e. The van der Waals surface area contributed by atoms with Gasteiger partial charge in [-0.15, -0.1) is 0 Å². The van der Waals surface area contributed by atoms with Gasteiger partial charge in [-0.2, -0.15) is 0 Å². The second kappa shape index (κ2) is 9.84. The molecule has 5 rings (SSSR count). The molecule has 2 aliphatic rings. The van der Waals surface area contributed by atoms with Crippen molar-refractivity contribution in [1.29, 1.82) is 0 Å². The highest BCUT2D eigenvalue weighted by Crippen LogP contribution is 2.58. The van der Waals surface area contributed by atoms with Gasteiger partial charge >= 0.3 is 0 Å². The molecule has 0 heterocycles. The van der Waals surface area contributed by atoms with Gasteiger partial charge in [0.05, 0.1) is 0 Å². The second-order valence-corrected chi connectivity index (χ2v) is 11.9. The third-order valence-electron chi connectivity index (χ3n) is 9.36. The molecule has 2 unspecified atom stereocenters. The third kappa shape index (κ3) is 4.61. The molecular weight excluding hydrogens is 444 g/mol. The van der Waals surface area contributed by atoms with Gasteiger partial charge in [-0.1, -0.05) is 50.2 Å². The summed E-state index contributed by atoms with van der Waals surface area (Å²) in [7, 11) is 0. The van der Waals surface area contributed by atoms with Crippen LogP contribution in [0.2, 0.25) is 0 Å². The maximum absolute atomic E-state index is 9.99. The predicted octanol–water partition coefficient (Wildman–Crippen LogP) is 8.06. The van der Waals surface area contributed by atoms with Gasteiger partial charge in [-0.3, -0.25) is 0 Å². The first-order chi connectivity index (χ1) is 17.3. The van der Waals surface area contributed by atoms with E-state index in [9.17, 15) is 15.3 Å². The number of hydrogen-bond donors (Lipinski definition) is 3. The molecule has 0 amide bonds. The van der Waals surface area contributed by atoms with E-state index in [0.717, 1.165) is 31.6 Å². The van der Waals surface area contributed by atoms with Crippen molar-refractivity contribution in [3.05, 3.63) is 89.5 Å². The van der Waals surface area contributed by atoms with Gasteiger partial charge in [-0.05, 0) is 128 Å². The Morgan fingerprint density at radius 1 is 0.639 bits per heavy atom. The maximum Gasteiger partial charge on any atom is 0.115 e. The number of hydrogen-bond acceptors (Lipinski definition) is 3. The first-order valence-electron chi connectivity index (χ1n) is 13.7. The molecule has 2 aliphatic carbocycles. The minimum absolute atomic E-state index is 0.121. The van der Waals surface area contributed by atoms with Gasteiger partial charge < -0.3 is 15.3 Å². The normalized spacial score (nSPS) is 24.2. The van der Waals surface area contributed by atoms with E-state index >= 15 is 0 Å². The number of phenols is 3. The molecule has 0 bridgehead atoms. The Morgan fingerprint density at radius 2 is 1.08 bits per heavy atom. The summed E-state index contributed by atoms with van der Waals surface area (Å²) < 4.78 is 0. The van der Waals surface area contributed by atoms with E-state index in [1.54, 1.807) is 24.3 Å². The fourth-order valence-corrected chi connectivity index (χ4v) is 7.68. The van der Waals surface area contributed by atoms with Crippen LogP contribution in [0, 0.1) is 17.8 Å². The monoisotopic (exact) mass is 484 g/mol. The summed E-state index contributed by atoms with van der Waals surface area (Å²) in [6, 6.07) is 23.6. The van der Waals surface area contributed by atoms with Crippen LogP contribution in [0.25, 0.3) is 0 Å². The van der Waals surface area contributed by atoms with E-state index in [2.05, 4.69) is 50.2 Å². The van der Waals surface area contributed by atoms with Crippen molar-refractivity contribution in [3.63, 3.8) is 0 Å². The lowest BCUT2D eigenvalue weighted by Gasteiger charge is -2.48. The van der Waals surface area contributed by atoms with Crippen LogP contribution in [-0.4, -0.2) is 15.3 Å².